The molecule has 0 bridgehead atoms. The second-order valence-corrected chi connectivity index (χ2v) is 4.92. The SMILES string of the molecule is Cc1[nH]c2cc(Cl)cc([N+](=O)[O-])c2c1CC(N)C(=O)O. The first-order chi connectivity index (χ1) is 9.31. The number of aryl methyl sites for hydroxylation is 1. The van der Waals surface area contributed by atoms with E-state index in [9.17, 15) is 14.9 Å². The smallest absolute Gasteiger partial charge is 0.320 e. The quantitative estimate of drug-likeness (QED) is 0.588. The van der Waals surface area contributed by atoms with Gasteiger partial charge in [-0.15, -0.1) is 0 Å². The van der Waals surface area contributed by atoms with Crippen LogP contribution in [0.5, 0.6) is 0 Å². The predicted molar refractivity (Wildman–Crippen MR) is 74.0 cm³/mol. The number of aromatic nitrogens is 1. The molecule has 0 spiro atoms. The molecule has 1 aromatic carbocycles. The number of nitrogens with two attached hydrogens (primary N) is 1. The lowest BCUT2D eigenvalue weighted by Crippen LogP contribution is -2.32. The molecular formula is C12H12ClN3O4. The topological polar surface area (TPSA) is 122 Å². The Balaban J connectivity index is 2.68. The Kier molecular flexibility index (Phi) is 3.65. The van der Waals surface area contributed by atoms with Gasteiger partial charge < -0.3 is 15.8 Å². The molecule has 0 saturated heterocycles. The zero-order chi connectivity index (χ0) is 15.0. The number of nitro benzene ring substituents is 1. The number of aliphatic carboxylic acids is 1. The van der Waals surface area contributed by atoms with Crippen LogP contribution in [0, 0.1) is 17.0 Å². The van der Waals surface area contributed by atoms with Crippen LogP contribution in [-0.2, 0) is 11.2 Å². The van der Waals surface area contributed by atoms with Gasteiger partial charge in [0, 0.05) is 23.2 Å². The largest absolute Gasteiger partial charge is 0.480 e. The maximum Gasteiger partial charge on any atom is 0.320 e. The first-order valence-electron chi connectivity index (χ1n) is 5.74. The average molecular weight is 298 g/mol. The van der Waals surface area contributed by atoms with E-state index in [2.05, 4.69) is 4.98 Å². The van der Waals surface area contributed by atoms with E-state index in [0.29, 0.717) is 22.2 Å². The Morgan fingerprint density at radius 3 is 2.80 bits per heavy atom. The molecule has 0 aliphatic rings. The van der Waals surface area contributed by atoms with Crippen LogP contribution >= 0.6 is 11.6 Å². The van der Waals surface area contributed by atoms with Crippen molar-refractivity contribution in [3.63, 3.8) is 0 Å². The number of non-ortho nitro benzene ring substituents is 1. The summed E-state index contributed by atoms with van der Waals surface area (Å²) in [7, 11) is 0. The van der Waals surface area contributed by atoms with E-state index in [-0.39, 0.29) is 17.1 Å². The molecule has 8 heteroatoms. The number of nitrogens with one attached hydrogen (secondary N) is 1. The van der Waals surface area contributed by atoms with Gasteiger partial charge in [-0.2, -0.15) is 0 Å². The lowest BCUT2D eigenvalue weighted by atomic mass is 10.0. The molecule has 20 heavy (non-hydrogen) atoms. The number of carboxylic acid groups (broad SMARTS) is 1. The zero-order valence-electron chi connectivity index (χ0n) is 10.5. The lowest BCUT2D eigenvalue weighted by Gasteiger charge is -2.06. The minimum absolute atomic E-state index is 0.00361. The molecule has 106 valence electrons. The van der Waals surface area contributed by atoms with Crippen LogP contribution in [0.4, 0.5) is 5.69 Å². The fraction of sp³-hybridized carbons (Fsp3) is 0.250. The molecule has 4 N–H and O–H groups in total. The van der Waals surface area contributed by atoms with E-state index in [4.69, 9.17) is 22.4 Å². The Bertz CT molecular complexity index is 710. The highest BCUT2D eigenvalue weighted by molar-refractivity contribution is 6.31. The second-order valence-electron chi connectivity index (χ2n) is 4.48. The van der Waals surface area contributed by atoms with E-state index in [0.717, 1.165) is 0 Å². The van der Waals surface area contributed by atoms with Crippen LogP contribution in [0.25, 0.3) is 10.9 Å². The van der Waals surface area contributed by atoms with Crippen LogP contribution in [0.2, 0.25) is 5.02 Å². The van der Waals surface area contributed by atoms with Crippen molar-refractivity contribution in [2.75, 3.05) is 0 Å². The van der Waals surface area contributed by atoms with Crippen molar-refractivity contribution >= 4 is 34.2 Å². The molecule has 0 fully saturated rings. The van der Waals surface area contributed by atoms with Gasteiger partial charge in [-0.25, -0.2) is 0 Å². The number of nitrogens with zero attached hydrogens (tertiary/aromatic N) is 1. The number of hydrogen-bond acceptors (Lipinski definition) is 4. The normalized spacial score (nSPS) is 12.6. The molecule has 0 amide bonds. The predicted octanol–water partition coefficient (Wildman–Crippen LogP) is 1.99. The number of rotatable bonds is 4. The highest BCUT2D eigenvalue weighted by Crippen LogP contribution is 2.34. The first kappa shape index (κ1) is 14.3. The van der Waals surface area contributed by atoms with Gasteiger partial charge in [0.1, 0.15) is 6.04 Å². The van der Waals surface area contributed by atoms with Crippen molar-refractivity contribution in [2.45, 2.75) is 19.4 Å². The Morgan fingerprint density at radius 2 is 2.25 bits per heavy atom. The molecule has 0 saturated carbocycles. The molecule has 0 aliphatic heterocycles. The highest BCUT2D eigenvalue weighted by Gasteiger charge is 2.23. The third kappa shape index (κ3) is 2.45. The summed E-state index contributed by atoms with van der Waals surface area (Å²) < 4.78 is 0. The fourth-order valence-electron chi connectivity index (χ4n) is 2.18. The molecule has 7 nitrogen and oxygen atoms in total. The third-order valence-corrected chi connectivity index (χ3v) is 3.32. The number of carboxylic acids is 1. The molecule has 1 atom stereocenters. The third-order valence-electron chi connectivity index (χ3n) is 3.10. The van der Waals surface area contributed by atoms with Crippen molar-refractivity contribution < 1.29 is 14.8 Å². The van der Waals surface area contributed by atoms with E-state index in [1.165, 1.54) is 6.07 Å². The van der Waals surface area contributed by atoms with Gasteiger partial charge in [0.25, 0.3) is 5.69 Å². The van der Waals surface area contributed by atoms with E-state index in [1.54, 1.807) is 13.0 Å². The van der Waals surface area contributed by atoms with Gasteiger partial charge in [-0.1, -0.05) is 11.6 Å². The number of benzene rings is 1. The van der Waals surface area contributed by atoms with Crippen LogP contribution in [0.3, 0.4) is 0 Å². The van der Waals surface area contributed by atoms with Gasteiger partial charge >= 0.3 is 5.97 Å². The van der Waals surface area contributed by atoms with Gasteiger partial charge in [0.2, 0.25) is 0 Å². The minimum Gasteiger partial charge on any atom is -0.480 e. The lowest BCUT2D eigenvalue weighted by molar-refractivity contribution is -0.383. The van der Waals surface area contributed by atoms with Crippen LogP contribution in [0.15, 0.2) is 12.1 Å². The number of carbonyl (C=O) groups is 1. The molecule has 0 radical (unpaired) electrons. The van der Waals surface area contributed by atoms with E-state index >= 15 is 0 Å². The highest BCUT2D eigenvalue weighted by atomic mass is 35.5. The number of H-pyrrole nitrogens is 1. The van der Waals surface area contributed by atoms with Crippen molar-refractivity contribution in [3.05, 3.63) is 38.5 Å². The van der Waals surface area contributed by atoms with Gasteiger partial charge in [-0.3, -0.25) is 14.9 Å². The van der Waals surface area contributed by atoms with Crippen molar-refractivity contribution in [3.8, 4) is 0 Å². The second kappa shape index (κ2) is 5.10. The zero-order valence-corrected chi connectivity index (χ0v) is 11.3. The van der Waals surface area contributed by atoms with E-state index in [1.807, 2.05) is 0 Å². The maximum atomic E-state index is 11.1. The summed E-state index contributed by atoms with van der Waals surface area (Å²) in [6.07, 6.45) is 0.00361. The van der Waals surface area contributed by atoms with E-state index < -0.39 is 16.9 Å². The Hall–Kier alpha value is -2.12. The first-order valence-corrected chi connectivity index (χ1v) is 6.12. The molecule has 1 unspecified atom stereocenters. The minimum atomic E-state index is -1.16. The summed E-state index contributed by atoms with van der Waals surface area (Å²) in [5, 5.41) is 20.6. The monoisotopic (exact) mass is 297 g/mol. The molecule has 1 heterocycles. The van der Waals surface area contributed by atoms with Gasteiger partial charge in [0.15, 0.2) is 0 Å². The van der Waals surface area contributed by atoms with Crippen molar-refractivity contribution in [2.24, 2.45) is 5.73 Å². The van der Waals surface area contributed by atoms with Crippen molar-refractivity contribution in [1.29, 1.82) is 0 Å². The number of halogens is 1. The molecule has 2 aromatic rings. The van der Waals surface area contributed by atoms with Crippen LogP contribution < -0.4 is 5.73 Å². The van der Waals surface area contributed by atoms with Crippen LogP contribution in [0.1, 0.15) is 11.3 Å². The van der Waals surface area contributed by atoms with Gasteiger partial charge in [-0.05, 0) is 18.6 Å². The summed E-state index contributed by atoms with van der Waals surface area (Å²) in [4.78, 5) is 24.4. The summed E-state index contributed by atoms with van der Waals surface area (Å²) in [6.45, 7) is 1.71. The number of hydrogen-bond donors (Lipinski definition) is 3. The fourth-order valence-corrected chi connectivity index (χ4v) is 2.39. The summed E-state index contributed by atoms with van der Waals surface area (Å²) in [5.41, 5.74) is 7.01. The molecule has 2 rings (SSSR count). The Labute approximate surface area is 118 Å². The average Bonchev–Trinajstić information content (AvgIpc) is 2.64. The van der Waals surface area contributed by atoms with Gasteiger partial charge in [0.05, 0.1) is 15.8 Å². The number of nitro groups is 1. The number of aromatic amines is 1. The molecular weight excluding hydrogens is 286 g/mol. The number of fused-ring (bicyclic) bond motifs is 1. The molecule has 1 aromatic heterocycles. The van der Waals surface area contributed by atoms with Crippen LogP contribution in [-0.4, -0.2) is 27.0 Å². The summed E-state index contributed by atoms with van der Waals surface area (Å²) >= 11 is 5.84. The maximum absolute atomic E-state index is 11.1. The standard InChI is InChI=1S/C12H12ClN3O4/c1-5-7(4-8(14)12(17)18)11-9(15-5)2-6(13)3-10(11)16(19)20/h2-3,8,15H,4,14H2,1H3,(H,17,18). The summed E-state index contributed by atoms with van der Waals surface area (Å²) in [5.74, 6) is -1.16. The molecule has 0 aliphatic carbocycles. The Morgan fingerprint density at radius 1 is 1.60 bits per heavy atom. The van der Waals surface area contributed by atoms with Crippen molar-refractivity contribution in [1.82, 2.24) is 4.98 Å². The summed E-state index contributed by atoms with van der Waals surface area (Å²) in [6, 6.07) is 1.68.